The van der Waals surface area contributed by atoms with E-state index in [9.17, 15) is 9.90 Å². The summed E-state index contributed by atoms with van der Waals surface area (Å²) >= 11 is 0. The maximum atomic E-state index is 12.2. The first-order valence-corrected chi connectivity index (χ1v) is 8.11. The first kappa shape index (κ1) is 18.5. The number of anilines is 1. The highest BCUT2D eigenvalue weighted by atomic mass is 16.3. The van der Waals surface area contributed by atoms with E-state index < -0.39 is 0 Å². The Morgan fingerprint density at radius 2 is 2.08 bits per heavy atom. The van der Waals surface area contributed by atoms with E-state index in [1.165, 1.54) is 10.9 Å². The number of nitrogens with zero attached hydrogens (tertiary/aromatic N) is 3. The number of rotatable bonds is 7. The molecule has 132 valence electrons. The van der Waals surface area contributed by atoms with Gasteiger partial charge in [-0.25, -0.2) is 4.68 Å². The Hall–Kier alpha value is -2.85. The van der Waals surface area contributed by atoms with Gasteiger partial charge in [-0.05, 0) is 42.5 Å². The number of aromatic nitrogens is 2. The Morgan fingerprint density at radius 1 is 1.40 bits per heavy atom. The smallest absolute Gasteiger partial charge is 0.251 e. The molecule has 0 atom stereocenters. The van der Waals surface area contributed by atoms with Crippen molar-refractivity contribution in [1.29, 1.82) is 5.26 Å². The van der Waals surface area contributed by atoms with Crippen LogP contribution >= 0.6 is 0 Å². The lowest BCUT2D eigenvalue weighted by Gasteiger charge is -2.21. The van der Waals surface area contributed by atoms with Gasteiger partial charge in [0.1, 0.15) is 17.5 Å². The Bertz CT molecular complexity index is 772. The van der Waals surface area contributed by atoms with Crippen LogP contribution in [0.4, 0.5) is 5.82 Å². The number of nitrogen functional groups attached to an aromatic ring is 1. The molecule has 0 bridgehead atoms. The van der Waals surface area contributed by atoms with Crippen LogP contribution in [-0.4, -0.2) is 33.9 Å². The van der Waals surface area contributed by atoms with Crippen LogP contribution in [0.25, 0.3) is 5.69 Å². The molecule has 0 aliphatic rings. The summed E-state index contributed by atoms with van der Waals surface area (Å²) in [5.74, 6) is 0.116. The molecule has 2 aromatic rings. The number of nitrogens with two attached hydrogens (primary N) is 1. The lowest BCUT2D eigenvalue weighted by Crippen LogP contribution is -2.26. The average Bonchev–Trinajstić information content (AvgIpc) is 2.99. The number of aliphatic hydroxyl groups excluding tert-OH is 1. The molecule has 0 aliphatic heterocycles. The Labute approximate surface area is 147 Å². The summed E-state index contributed by atoms with van der Waals surface area (Å²) in [6, 6.07) is 8.81. The molecule has 7 nitrogen and oxygen atoms in total. The van der Waals surface area contributed by atoms with Crippen LogP contribution in [0.5, 0.6) is 0 Å². The van der Waals surface area contributed by atoms with Crippen molar-refractivity contribution in [2.45, 2.75) is 26.7 Å². The minimum atomic E-state index is -0.153. The molecule has 1 aromatic heterocycles. The quantitative estimate of drug-likeness (QED) is 0.665. The Morgan fingerprint density at radius 3 is 2.64 bits per heavy atom. The Kier molecular flexibility index (Phi) is 5.78. The first-order valence-electron chi connectivity index (χ1n) is 8.11. The van der Waals surface area contributed by atoms with E-state index in [4.69, 9.17) is 11.0 Å². The highest BCUT2D eigenvalue weighted by Crippen LogP contribution is 2.20. The van der Waals surface area contributed by atoms with Gasteiger partial charge in [0.15, 0.2) is 0 Å². The molecule has 1 amide bonds. The van der Waals surface area contributed by atoms with E-state index in [1.807, 2.05) is 19.9 Å². The van der Waals surface area contributed by atoms with Gasteiger partial charge >= 0.3 is 0 Å². The second-order valence-corrected chi connectivity index (χ2v) is 6.70. The van der Waals surface area contributed by atoms with E-state index in [1.54, 1.807) is 24.3 Å². The summed E-state index contributed by atoms with van der Waals surface area (Å²) in [6.45, 7) is 4.67. The van der Waals surface area contributed by atoms with Gasteiger partial charge in [-0.2, -0.15) is 10.4 Å². The van der Waals surface area contributed by atoms with Crippen molar-refractivity contribution in [3.63, 3.8) is 0 Å². The lowest BCUT2D eigenvalue weighted by molar-refractivity contribution is 0.0948. The zero-order valence-corrected chi connectivity index (χ0v) is 14.5. The zero-order chi connectivity index (χ0) is 18.4. The highest BCUT2D eigenvalue weighted by Gasteiger charge is 2.16. The molecule has 0 saturated carbocycles. The van der Waals surface area contributed by atoms with Crippen LogP contribution in [0.3, 0.4) is 0 Å². The number of hydrogen-bond donors (Lipinski definition) is 3. The number of carbonyl (C=O) groups excluding carboxylic acids is 1. The number of nitriles is 1. The van der Waals surface area contributed by atoms with Crippen molar-refractivity contribution in [1.82, 2.24) is 15.1 Å². The van der Waals surface area contributed by atoms with E-state index >= 15 is 0 Å². The summed E-state index contributed by atoms with van der Waals surface area (Å²) in [5, 5.41) is 25.1. The predicted octanol–water partition coefficient (Wildman–Crippen LogP) is 1.85. The van der Waals surface area contributed by atoms with Crippen molar-refractivity contribution in [3.8, 4) is 11.8 Å². The lowest BCUT2D eigenvalue weighted by atomic mass is 9.89. The largest absolute Gasteiger partial charge is 0.396 e. The van der Waals surface area contributed by atoms with Crippen LogP contribution in [0, 0.1) is 16.7 Å². The third-order valence-electron chi connectivity index (χ3n) is 4.04. The van der Waals surface area contributed by atoms with Gasteiger partial charge in [-0.3, -0.25) is 4.79 Å². The molecule has 0 fully saturated rings. The van der Waals surface area contributed by atoms with Gasteiger partial charge in [-0.1, -0.05) is 13.8 Å². The summed E-state index contributed by atoms with van der Waals surface area (Å²) in [5.41, 5.74) is 7.26. The average molecular weight is 341 g/mol. The topological polar surface area (TPSA) is 117 Å². The number of nitrogens with one attached hydrogen (secondary N) is 1. The fraction of sp³-hybridized carbons (Fsp3) is 0.389. The second-order valence-electron chi connectivity index (χ2n) is 6.70. The number of amides is 1. The van der Waals surface area contributed by atoms with Crippen molar-refractivity contribution in [3.05, 3.63) is 41.6 Å². The minimum absolute atomic E-state index is 0.127. The molecule has 25 heavy (non-hydrogen) atoms. The van der Waals surface area contributed by atoms with Crippen molar-refractivity contribution in [2.75, 3.05) is 18.9 Å². The van der Waals surface area contributed by atoms with Crippen LogP contribution in [-0.2, 0) is 0 Å². The Balaban J connectivity index is 1.94. The van der Waals surface area contributed by atoms with Crippen molar-refractivity contribution >= 4 is 11.7 Å². The predicted molar refractivity (Wildman–Crippen MR) is 95.1 cm³/mol. The second kappa shape index (κ2) is 7.81. The molecule has 0 aliphatic carbocycles. The molecular formula is C18H23N5O2. The van der Waals surface area contributed by atoms with Gasteiger partial charge in [-0.15, -0.1) is 0 Å². The van der Waals surface area contributed by atoms with Crippen LogP contribution in [0.1, 0.15) is 42.6 Å². The fourth-order valence-electron chi connectivity index (χ4n) is 2.35. The molecule has 0 radical (unpaired) electrons. The SMILES string of the molecule is CC(C)(CO)CCCNC(=O)c1ccc(-n2ncc(C#N)c2N)cc1. The van der Waals surface area contributed by atoms with E-state index in [2.05, 4.69) is 10.4 Å². The van der Waals surface area contributed by atoms with Crippen molar-refractivity contribution < 1.29 is 9.90 Å². The molecule has 1 aromatic carbocycles. The van der Waals surface area contributed by atoms with E-state index in [0.717, 1.165) is 12.8 Å². The summed E-state index contributed by atoms with van der Waals surface area (Å²) in [7, 11) is 0. The molecule has 7 heteroatoms. The third kappa shape index (κ3) is 4.58. The molecule has 0 spiro atoms. The molecular weight excluding hydrogens is 318 g/mol. The first-order chi connectivity index (χ1) is 11.9. The van der Waals surface area contributed by atoms with Crippen LogP contribution in [0.15, 0.2) is 30.5 Å². The van der Waals surface area contributed by atoms with Gasteiger partial charge in [0.25, 0.3) is 5.91 Å². The molecule has 4 N–H and O–H groups in total. The van der Waals surface area contributed by atoms with Gasteiger partial charge in [0.2, 0.25) is 0 Å². The molecule has 0 unspecified atom stereocenters. The number of carbonyl (C=O) groups is 1. The normalized spacial score (nSPS) is 11.1. The summed E-state index contributed by atoms with van der Waals surface area (Å²) in [4.78, 5) is 12.2. The van der Waals surface area contributed by atoms with E-state index in [-0.39, 0.29) is 23.7 Å². The number of hydrogen-bond acceptors (Lipinski definition) is 5. The van der Waals surface area contributed by atoms with Crippen LogP contribution < -0.4 is 11.1 Å². The van der Waals surface area contributed by atoms with E-state index in [0.29, 0.717) is 23.4 Å². The zero-order valence-electron chi connectivity index (χ0n) is 14.5. The molecule has 2 rings (SSSR count). The van der Waals surface area contributed by atoms with Gasteiger partial charge in [0, 0.05) is 18.7 Å². The maximum absolute atomic E-state index is 12.2. The molecule has 0 saturated heterocycles. The van der Waals surface area contributed by atoms with Gasteiger partial charge < -0.3 is 16.2 Å². The minimum Gasteiger partial charge on any atom is -0.396 e. The summed E-state index contributed by atoms with van der Waals surface area (Å²) in [6.07, 6.45) is 3.05. The van der Waals surface area contributed by atoms with Crippen molar-refractivity contribution in [2.24, 2.45) is 5.41 Å². The maximum Gasteiger partial charge on any atom is 0.251 e. The number of aliphatic hydroxyl groups is 1. The van der Waals surface area contributed by atoms with Gasteiger partial charge in [0.05, 0.1) is 11.9 Å². The fourth-order valence-corrected chi connectivity index (χ4v) is 2.35. The monoisotopic (exact) mass is 341 g/mol. The highest BCUT2D eigenvalue weighted by molar-refractivity contribution is 5.94. The molecule has 1 heterocycles. The van der Waals surface area contributed by atoms with Crippen LogP contribution in [0.2, 0.25) is 0 Å². The summed E-state index contributed by atoms with van der Waals surface area (Å²) < 4.78 is 1.46. The third-order valence-corrected chi connectivity index (χ3v) is 4.04. The standard InChI is InChI=1S/C18H23N5O2/c1-18(2,12-24)8-3-9-21-17(25)13-4-6-15(7-5-13)23-16(20)14(10-19)11-22-23/h4-7,11,24H,3,8-9,12,20H2,1-2H3,(H,21,25). The number of benzene rings is 1.